The molecule has 0 bridgehead atoms. The van der Waals surface area contributed by atoms with Crippen LogP contribution >= 0.6 is 0 Å². The van der Waals surface area contributed by atoms with Crippen molar-refractivity contribution in [2.45, 2.75) is 13.8 Å². The van der Waals surface area contributed by atoms with E-state index in [0.717, 1.165) is 0 Å². The van der Waals surface area contributed by atoms with E-state index in [1.807, 2.05) is 13.8 Å². The Labute approximate surface area is 116 Å². The van der Waals surface area contributed by atoms with Gasteiger partial charge in [-0.15, -0.1) is 5.70 Å². The van der Waals surface area contributed by atoms with E-state index in [1.165, 1.54) is 0 Å². The molecule has 1 aliphatic rings. The molecule has 0 saturated carbocycles. The van der Waals surface area contributed by atoms with Gasteiger partial charge in [-0.05, 0) is 5.57 Å². The molecular weight excluding hydrogens is 388 g/mol. The zero-order chi connectivity index (χ0) is 12.6. The summed E-state index contributed by atoms with van der Waals surface area (Å²) in [6, 6.07) is 0. The van der Waals surface area contributed by atoms with Gasteiger partial charge in [0.25, 0.3) is 0 Å². The number of nitrogens with zero attached hydrogens (tertiary/aromatic N) is 2. The predicted octanol–water partition coefficient (Wildman–Crippen LogP) is 2.42. The van der Waals surface area contributed by atoms with Gasteiger partial charge in [0.05, 0.1) is 0 Å². The smallest absolute Gasteiger partial charge is 0.114 e. The molecule has 0 aromatic rings. The molecule has 4 nitrogen and oxygen atoms in total. The maximum atomic E-state index is 11.2. The molecule has 1 amide bonds. The number of hydrogen-bond acceptors (Lipinski definition) is 3. The summed E-state index contributed by atoms with van der Waals surface area (Å²) >= 11 is 0. The summed E-state index contributed by atoms with van der Waals surface area (Å²) in [6.45, 7) is 11.1. The van der Waals surface area contributed by atoms with Crippen molar-refractivity contribution in [3.05, 3.63) is 54.0 Å². The average molecular weight is 404 g/mol. The molecule has 0 aromatic carbocycles. The van der Waals surface area contributed by atoms with E-state index in [4.69, 9.17) is 5.84 Å². The molecule has 1 fully saturated rings. The maximum absolute atomic E-state index is 11.2. The largest absolute Gasteiger partial charge is 0.621 e. The fraction of sp³-hybridized carbons (Fsp3) is 0.167. The number of carbonyl (C=O) groups is 1. The van der Waals surface area contributed by atoms with E-state index in [0.29, 0.717) is 11.3 Å². The second-order valence-electron chi connectivity index (χ2n) is 2.50. The molecule has 93 valence electrons. The van der Waals surface area contributed by atoms with Gasteiger partial charge in [-0.3, -0.25) is 0 Å². The summed E-state index contributed by atoms with van der Waals surface area (Å²) in [5, 5.41) is 7.14. The third kappa shape index (κ3) is 4.51. The van der Waals surface area contributed by atoms with Crippen molar-refractivity contribution in [2.75, 3.05) is 0 Å². The quantitative estimate of drug-likeness (QED) is 0.567. The van der Waals surface area contributed by atoms with Crippen LogP contribution in [-0.2, 0) is 25.2 Å². The van der Waals surface area contributed by atoms with Crippen molar-refractivity contribution in [3.8, 4) is 0 Å². The van der Waals surface area contributed by atoms with E-state index in [-0.39, 0.29) is 26.1 Å². The van der Waals surface area contributed by atoms with Crippen molar-refractivity contribution in [3.63, 3.8) is 0 Å². The van der Waals surface area contributed by atoms with E-state index < -0.39 is 5.91 Å². The predicted molar refractivity (Wildman–Crippen MR) is 67.9 cm³/mol. The molecule has 1 heterocycles. The molecule has 1 saturated heterocycles. The number of rotatable bonds is 2. The monoisotopic (exact) mass is 405 g/mol. The first-order valence-electron chi connectivity index (χ1n) is 4.94. The van der Waals surface area contributed by atoms with Crippen molar-refractivity contribution >= 4 is 11.6 Å². The summed E-state index contributed by atoms with van der Waals surface area (Å²) in [5.41, 5.74) is 1.24. The van der Waals surface area contributed by atoms with Crippen LogP contribution in [-0.4, -0.2) is 11.6 Å². The summed E-state index contributed by atoms with van der Waals surface area (Å²) in [7, 11) is 0. The third-order valence-corrected chi connectivity index (χ3v) is 1.64. The van der Waals surface area contributed by atoms with Crippen molar-refractivity contribution in [1.82, 2.24) is 0 Å². The van der Waals surface area contributed by atoms with Gasteiger partial charge >= 0.3 is 0 Å². The topological polar surface area (TPSA) is 69.5 Å². The number of amides is 1. The van der Waals surface area contributed by atoms with E-state index >= 15 is 0 Å². The molecule has 0 aliphatic carbocycles. The van der Waals surface area contributed by atoms with Crippen LogP contribution in [0.2, 0.25) is 0 Å². The molecule has 17 heavy (non-hydrogen) atoms. The van der Waals surface area contributed by atoms with Gasteiger partial charge in [-0.2, -0.15) is 5.10 Å². The van der Waals surface area contributed by atoms with E-state index in [1.54, 1.807) is 24.3 Å². The first-order chi connectivity index (χ1) is 7.74. The number of hydrazone groups is 1. The minimum absolute atomic E-state index is 0. The van der Waals surface area contributed by atoms with Gasteiger partial charge in [0, 0.05) is 20.4 Å². The van der Waals surface area contributed by atoms with E-state index in [2.05, 4.69) is 23.6 Å². The summed E-state index contributed by atoms with van der Waals surface area (Å²) in [6.07, 6.45) is 6.34. The van der Waals surface area contributed by atoms with Crippen LogP contribution in [0, 0.1) is 0 Å². The fourth-order valence-corrected chi connectivity index (χ4v) is 1.10. The first kappa shape index (κ1) is 17.9. The molecule has 0 atom stereocenters. The molecule has 1 aliphatic heterocycles. The van der Waals surface area contributed by atoms with Gasteiger partial charge in [-0.1, -0.05) is 51.3 Å². The van der Waals surface area contributed by atoms with Crippen LogP contribution in [0.15, 0.2) is 53.8 Å². The standard InChI is InChI=1S/C10H11N3O.C2H6.Re/c1-3-5-7-8(6-4-2)12-10(14)9(7)13-11;1-2;/h3-6H,1-2H2,(H3,11,12,14);1-2H3;/p-1/b7-5+,8-6+;;. The number of allylic oxidation sites excluding steroid dienone is 5. The van der Waals surface area contributed by atoms with Gasteiger partial charge in [0.2, 0.25) is 0 Å². The van der Waals surface area contributed by atoms with Gasteiger partial charge in [0.15, 0.2) is 0 Å². The molecule has 1 radical (unpaired) electrons. The molecule has 2 N–H and O–H groups in total. The Bertz CT molecular complexity index is 381. The minimum Gasteiger partial charge on any atom is -0.621 e. The van der Waals surface area contributed by atoms with Crippen molar-refractivity contribution < 1.29 is 25.2 Å². The van der Waals surface area contributed by atoms with Crippen molar-refractivity contribution in [1.29, 1.82) is 0 Å². The number of carbonyl (C=O) groups excluding carboxylic acids is 1. The van der Waals surface area contributed by atoms with Crippen LogP contribution in [0.3, 0.4) is 0 Å². The Morgan fingerprint density at radius 1 is 1.24 bits per heavy atom. The van der Waals surface area contributed by atoms with Gasteiger partial charge < -0.3 is 16.0 Å². The zero-order valence-electron chi connectivity index (χ0n) is 9.98. The second kappa shape index (κ2) is 9.76. The van der Waals surface area contributed by atoms with Crippen LogP contribution in [0.25, 0.3) is 5.32 Å². The molecule has 0 spiro atoms. The van der Waals surface area contributed by atoms with E-state index in [9.17, 15) is 4.79 Å². The Morgan fingerprint density at radius 3 is 2.18 bits per heavy atom. The molecule has 1 rings (SSSR count). The number of nitrogens with two attached hydrogens (primary N) is 1. The second-order valence-corrected chi connectivity index (χ2v) is 2.50. The minimum atomic E-state index is -0.436. The zero-order valence-corrected chi connectivity index (χ0v) is 12.7. The van der Waals surface area contributed by atoms with Crippen LogP contribution in [0.1, 0.15) is 13.8 Å². The molecule has 0 aromatic heterocycles. The van der Waals surface area contributed by atoms with Crippen molar-refractivity contribution in [2.24, 2.45) is 10.9 Å². The summed E-state index contributed by atoms with van der Waals surface area (Å²) in [5.74, 6) is 4.65. The fourth-order valence-electron chi connectivity index (χ4n) is 1.10. The molecule has 0 unspecified atom stereocenters. The van der Waals surface area contributed by atoms with Gasteiger partial charge in [0.1, 0.15) is 11.6 Å². The first-order valence-corrected chi connectivity index (χ1v) is 4.94. The normalized spacial score (nSPS) is 20.4. The Balaban J connectivity index is 0. The number of hydrogen-bond donors (Lipinski definition) is 1. The Hall–Kier alpha value is -1.44. The summed E-state index contributed by atoms with van der Waals surface area (Å²) < 4.78 is 0. The SMILES string of the molecule is C=C/C=C1/[N-]C(=O)C(=N\N)/C1=C/C=C.CC.[Re]. The maximum Gasteiger partial charge on any atom is 0.114 e. The average Bonchev–Trinajstić information content (AvgIpc) is 2.59. The molecule has 5 heteroatoms. The van der Waals surface area contributed by atoms with Crippen LogP contribution in [0.4, 0.5) is 0 Å². The Morgan fingerprint density at radius 2 is 1.76 bits per heavy atom. The third-order valence-electron chi connectivity index (χ3n) is 1.64. The van der Waals surface area contributed by atoms with Crippen LogP contribution in [0.5, 0.6) is 0 Å². The van der Waals surface area contributed by atoms with Crippen LogP contribution < -0.4 is 5.84 Å². The van der Waals surface area contributed by atoms with Gasteiger partial charge in [-0.25, -0.2) is 0 Å². The summed E-state index contributed by atoms with van der Waals surface area (Å²) in [4.78, 5) is 11.2. The molecular formula is C12H16N3ORe-. The Kier molecular flexibility index (Phi) is 10.3.